The van der Waals surface area contributed by atoms with Gasteiger partial charge in [0.2, 0.25) is 11.8 Å². The first-order valence-corrected chi connectivity index (χ1v) is 15.8. The molecule has 4 rings (SSSR count). The molecule has 238 valence electrons. The van der Waals surface area contributed by atoms with Crippen LogP contribution >= 0.6 is 0 Å². The summed E-state index contributed by atoms with van der Waals surface area (Å²) in [6.07, 6.45) is 2.52. The molecule has 0 saturated heterocycles. The zero-order valence-electron chi connectivity index (χ0n) is 26.6. The minimum atomic E-state index is -0.183. The predicted octanol–water partition coefficient (Wildman–Crippen LogP) is 5.25. The molecule has 10 heteroatoms. The Bertz CT molecular complexity index is 1360. The Morgan fingerprint density at radius 3 is 2.43 bits per heavy atom. The molecular weight excluding hydrogens is 558 g/mol. The maximum absolute atomic E-state index is 13.7. The average Bonchev–Trinajstić information content (AvgIpc) is 3.42. The lowest BCUT2D eigenvalue weighted by Gasteiger charge is -2.28. The second kappa shape index (κ2) is 17.0. The van der Waals surface area contributed by atoms with Gasteiger partial charge in [0.05, 0.1) is 57.0 Å². The van der Waals surface area contributed by atoms with Gasteiger partial charge in [0.25, 0.3) is 0 Å². The smallest absolute Gasteiger partial charge is 0.227 e. The molecule has 1 aliphatic rings. The van der Waals surface area contributed by atoms with E-state index < -0.39 is 0 Å². The number of aromatic nitrogens is 3. The number of para-hydroxylation sites is 1. The highest BCUT2D eigenvalue weighted by molar-refractivity contribution is 6.01. The maximum atomic E-state index is 13.7. The van der Waals surface area contributed by atoms with E-state index in [-0.39, 0.29) is 30.8 Å². The molecule has 0 radical (unpaired) electrons. The molecule has 0 aliphatic carbocycles. The van der Waals surface area contributed by atoms with Crippen molar-refractivity contribution in [1.29, 1.82) is 0 Å². The van der Waals surface area contributed by atoms with Gasteiger partial charge in [-0.15, -0.1) is 5.10 Å². The van der Waals surface area contributed by atoms with Crippen LogP contribution in [0.1, 0.15) is 58.9 Å². The first-order chi connectivity index (χ1) is 21.3. The number of anilines is 1. The van der Waals surface area contributed by atoms with Crippen molar-refractivity contribution in [2.75, 3.05) is 44.5 Å². The Kier molecular flexibility index (Phi) is 12.9. The topological polar surface area (TPSA) is 108 Å². The molecule has 2 aromatic carbocycles. The highest BCUT2D eigenvalue weighted by atomic mass is 16.5. The molecule has 1 aliphatic heterocycles. The van der Waals surface area contributed by atoms with E-state index in [0.29, 0.717) is 52.0 Å². The van der Waals surface area contributed by atoms with E-state index >= 15 is 0 Å². The fourth-order valence-electron chi connectivity index (χ4n) is 5.19. The van der Waals surface area contributed by atoms with Gasteiger partial charge < -0.3 is 24.4 Å². The third-order valence-electron chi connectivity index (χ3n) is 7.42. The van der Waals surface area contributed by atoms with Gasteiger partial charge in [-0.3, -0.25) is 9.59 Å². The SMILES string of the molecule is CC(C)CCCOCCn1nnc2c1-c1ccccc1CN(C(=O)CCC(=O)NCCOCCOC(C)C)c1ccccc1-2. The van der Waals surface area contributed by atoms with E-state index in [0.717, 1.165) is 53.2 Å². The van der Waals surface area contributed by atoms with Crippen LogP contribution < -0.4 is 10.2 Å². The van der Waals surface area contributed by atoms with Crippen LogP contribution in [0.2, 0.25) is 0 Å². The molecule has 0 spiro atoms. The molecule has 3 aromatic rings. The van der Waals surface area contributed by atoms with Crippen LogP contribution in [0.25, 0.3) is 22.5 Å². The first-order valence-electron chi connectivity index (χ1n) is 15.8. The van der Waals surface area contributed by atoms with Crippen LogP contribution in [0.15, 0.2) is 48.5 Å². The normalized spacial score (nSPS) is 12.5. The van der Waals surface area contributed by atoms with Crippen LogP contribution in [-0.2, 0) is 36.9 Å². The van der Waals surface area contributed by atoms with E-state index in [4.69, 9.17) is 14.2 Å². The number of hydrogen-bond acceptors (Lipinski definition) is 7. The van der Waals surface area contributed by atoms with Crippen molar-refractivity contribution < 1.29 is 23.8 Å². The largest absolute Gasteiger partial charge is 0.380 e. The number of benzene rings is 2. The molecule has 2 heterocycles. The zero-order chi connectivity index (χ0) is 31.3. The Morgan fingerprint density at radius 2 is 1.64 bits per heavy atom. The number of rotatable bonds is 17. The molecular formula is C34H47N5O5. The molecule has 2 amide bonds. The maximum Gasteiger partial charge on any atom is 0.227 e. The summed E-state index contributed by atoms with van der Waals surface area (Å²) < 4.78 is 18.8. The third kappa shape index (κ3) is 9.45. The summed E-state index contributed by atoms with van der Waals surface area (Å²) in [5.74, 6) is 0.354. The number of hydrogen-bond donors (Lipinski definition) is 1. The van der Waals surface area contributed by atoms with E-state index in [1.54, 1.807) is 4.90 Å². The van der Waals surface area contributed by atoms with Gasteiger partial charge in [0.1, 0.15) is 5.69 Å². The Labute approximate surface area is 261 Å². The number of nitrogens with one attached hydrogen (secondary N) is 1. The van der Waals surface area contributed by atoms with Crippen molar-refractivity contribution >= 4 is 17.5 Å². The third-order valence-corrected chi connectivity index (χ3v) is 7.42. The van der Waals surface area contributed by atoms with E-state index in [2.05, 4.69) is 35.5 Å². The summed E-state index contributed by atoms with van der Waals surface area (Å²) in [5.41, 5.74) is 5.20. The first kappa shape index (κ1) is 33.3. The highest BCUT2D eigenvalue weighted by Gasteiger charge is 2.29. The monoisotopic (exact) mass is 605 g/mol. The van der Waals surface area contributed by atoms with Crippen molar-refractivity contribution in [3.05, 3.63) is 54.1 Å². The van der Waals surface area contributed by atoms with Gasteiger partial charge in [-0.1, -0.05) is 61.5 Å². The van der Waals surface area contributed by atoms with E-state index in [9.17, 15) is 9.59 Å². The summed E-state index contributed by atoms with van der Waals surface area (Å²) in [7, 11) is 0. The molecule has 0 fully saturated rings. The number of carbonyl (C=O) groups is 2. The molecule has 0 atom stereocenters. The summed E-state index contributed by atoms with van der Waals surface area (Å²) >= 11 is 0. The lowest BCUT2D eigenvalue weighted by Crippen LogP contribution is -2.34. The Hall–Kier alpha value is -3.60. The minimum Gasteiger partial charge on any atom is -0.380 e. The van der Waals surface area contributed by atoms with Crippen LogP contribution in [-0.4, -0.2) is 72.5 Å². The fraction of sp³-hybridized carbons (Fsp3) is 0.529. The van der Waals surface area contributed by atoms with E-state index in [1.807, 2.05) is 61.0 Å². The summed E-state index contributed by atoms with van der Waals surface area (Å²) in [5, 5.41) is 12.0. The molecule has 44 heavy (non-hydrogen) atoms. The van der Waals surface area contributed by atoms with E-state index in [1.165, 1.54) is 0 Å². The van der Waals surface area contributed by atoms with Crippen LogP contribution in [0, 0.1) is 5.92 Å². The van der Waals surface area contributed by atoms with Crippen molar-refractivity contribution in [3.63, 3.8) is 0 Å². The molecule has 0 bridgehead atoms. The standard InChI is InChI=1S/C34H47N5O5/c1-25(2)10-9-19-42-21-18-39-34-28-12-6-5-11-27(28)24-38(30-14-8-7-13-29(30)33(34)36-37-39)32(41)16-15-31(40)35-17-20-43-22-23-44-26(3)4/h5-8,11-14,25-26H,9-10,15-24H2,1-4H3,(H,35,40). The predicted molar refractivity (Wildman–Crippen MR) is 171 cm³/mol. The van der Waals surface area contributed by atoms with Crippen LogP contribution in [0.5, 0.6) is 0 Å². The second-order valence-electron chi connectivity index (χ2n) is 11.7. The van der Waals surface area contributed by atoms with Crippen molar-refractivity contribution in [2.24, 2.45) is 5.92 Å². The lowest BCUT2D eigenvalue weighted by molar-refractivity contribution is -0.125. The van der Waals surface area contributed by atoms with Gasteiger partial charge in [0, 0.05) is 37.1 Å². The Balaban J connectivity index is 1.43. The molecule has 1 N–H and O–H groups in total. The number of nitrogens with zero attached hydrogens (tertiary/aromatic N) is 4. The van der Waals surface area contributed by atoms with Gasteiger partial charge in [0.15, 0.2) is 0 Å². The minimum absolute atomic E-state index is 0.0825. The van der Waals surface area contributed by atoms with Gasteiger partial charge in [-0.25, -0.2) is 4.68 Å². The van der Waals surface area contributed by atoms with Crippen LogP contribution in [0.4, 0.5) is 5.69 Å². The van der Waals surface area contributed by atoms with Gasteiger partial charge >= 0.3 is 0 Å². The Morgan fingerprint density at radius 1 is 0.886 bits per heavy atom. The summed E-state index contributed by atoms with van der Waals surface area (Å²) in [6.45, 7) is 12.4. The van der Waals surface area contributed by atoms with Crippen molar-refractivity contribution in [2.45, 2.75) is 72.6 Å². The summed E-state index contributed by atoms with van der Waals surface area (Å²) in [6, 6.07) is 15.8. The second-order valence-corrected chi connectivity index (χ2v) is 11.7. The van der Waals surface area contributed by atoms with Crippen LogP contribution in [0.3, 0.4) is 0 Å². The molecule has 0 saturated carbocycles. The quantitative estimate of drug-likeness (QED) is 0.210. The van der Waals surface area contributed by atoms with Gasteiger partial charge in [-0.05, 0) is 44.2 Å². The number of fused-ring (bicyclic) bond motifs is 5. The van der Waals surface area contributed by atoms with Crippen molar-refractivity contribution in [1.82, 2.24) is 20.3 Å². The fourth-order valence-corrected chi connectivity index (χ4v) is 5.19. The lowest BCUT2D eigenvalue weighted by atomic mass is 9.95. The summed E-state index contributed by atoms with van der Waals surface area (Å²) in [4.78, 5) is 28.0. The number of carbonyl (C=O) groups excluding carboxylic acids is 2. The van der Waals surface area contributed by atoms with Gasteiger partial charge in [-0.2, -0.15) is 0 Å². The molecule has 10 nitrogen and oxygen atoms in total. The number of amides is 2. The molecule has 0 unspecified atom stereocenters. The highest BCUT2D eigenvalue weighted by Crippen LogP contribution is 2.41. The average molecular weight is 606 g/mol. The zero-order valence-corrected chi connectivity index (χ0v) is 26.6. The number of ether oxygens (including phenoxy) is 3. The van der Waals surface area contributed by atoms with Crippen molar-refractivity contribution in [3.8, 4) is 22.5 Å². The molecule has 1 aromatic heterocycles.